The fraction of sp³-hybridized carbons (Fsp3) is 0.0667. The number of anilines is 1. The van der Waals surface area contributed by atoms with Gasteiger partial charge in [-0.2, -0.15) is 4.39 Å². The van der Waals surface area contributed by atoms with Gasteiger partial charge < -0.3 is 10.6 Å². The Morgan fingerprint density at radius 1 is 1.12 bits per heavy atom. The minimum atomic E-state index is -1.02. The van der Waals surface area contributed by atoms with Gasteiger partial charge in [0.15, 0.2) is 0 Å². The van der Waals surface area contributed by atoms with Gasteiger partial charge in [0.1, 0.15) is 0 Å². The number of nitro benzene ring substituents is 1. The lowest BCUT2D eigenvalue weighted by Gasteiger charge is -2.08. The molecule has 0 aromatic heterocycles. The summed E-state index contributed by atoms with van der Waals surface area (Å²) in [6, 6.07) is 7.14. The van der Waals surface area contributed by atoms with Crippen molar-refractivity contribution in [3.8, 4) is 0 Å². The fourth-order valence-corrected chi connectivity index (χ4v) is 2.13. The summed E-state index contributed by atoms with van der Waals surface area (Å²) >= 11 is 11.6. The Morgan fingerprint density at radius 2 is 1.84 bits per heavy atom. The van der Waals surface area contributed by atoms with E-state index in [1.807, 2.05) is 0 Å². The molecule has 7 nitrogen and oxygen atoms in total. The molecule has 0 aliphatic rings. The van der Waals surface area contributed by atoms with Crippen LogP contribution in [-0.2, 0) is 4.79 Å². The number of hydrogen-bond donors (Lipinski definition) is 2. The van der Waals surface area contributed by atoms with E-state index in [4.69, 9.17) is 23.2 Å². The van der Waals surface area contributed by atoms with E-state index in [2.05, 4.69) is 10.6 Å². The number of benzene rings is 2. The van der Waals surface area contributed by atoms with Crippen LogP contribution in [0, 0.1) is 15.9 Å². The minimum absolute atomic E-state index is 0.0295. The van der Waals surface area contributed by atoms with Gasteiger partial charge >= 0.3 is 5.69 Å². The third-order valence-corrected chi connectivity index (χ3v) is 3.76. The number of halogens is 3. The van der Waals surface area contributed by atoms with Crippen LogP contribution in [0.15, 0.2) is 36.4 Å². The third kappa shape index (κ3) is 4.88. The molecule has 0 radical (unpaired) electrons. The summed E-state index contributed by atoms with van der Waals surface area (Å²) in [5.41, 5.74) is -0.529. The summed E-state index contributed by atoms with van der Waals surface area (Å²) in [5, 5.41) is 15.8. The molecule has 0 fully saturated rings. The number of carbonyl (C=O) groups is 2. The first-order valence-corrected chi connectivity index (χ1v) is 7.50. The lowest BCUT2D eigenvalue weighted by atomic mass is 10.2. The Bertz CT molecular complexity index is 861. The Balaban J connectivity index is 1.96. The normalized spacial score (nSPS) is 10.2. The van der Waals surface area contributed by atoms with Crippen LogP contribution in [-0.4, -0.2) is 23.3 Å². The van der Waals surface area contributed by atoms with Crippen molar-refractivity contribution in [2.24, 2.45) is 0 Å². The van der Waals surface area contributed by atoms with Crippen molar-refractivity contribution in [2.75, 3.05) is 11.9 Å². The molecule has 10 heteroatoms. The number of nitrogens with zero attached hydrogens (tertiary/aromatic N) is 1. The number of carbonyl (C=O) groups excluding carboxylic acids is 2. The number of nitrogens with one attached hydrogen (secondary N) is 2. The van der Waals surface area contributed by atoms with E-state index in [1.165, 1.54) is 24.3 Å². The van der Waals surface area contributed by atoms with Crippen LogP contribution in [0.25, 0.3) is 0 Å². The summed E-state index contributed by atoms with van der Waals surface area (Å²) in [7, 11) is 0. The van der Waals surface area contributed by atoms with Gasteiger partial charge in [-0.25, -0.2) is 0 Å². The molecule has 2 aromatic rings. The van der Waals surface area contributed by atoms with Crippen LogP contribution in [0.1, 0.15) is 10.4 Å². The molecule has 2 amide bonds. The second-order valence-electron chi connectivity index (χ2n) is 4.78. The lowest BCUT2D eigenvalue weighted by Crippen LogP contribution is -2.32. The molecule has 0 atom stereocenters. The van der Waals surface area contributed by atoms with Gasteiger partial charge in [-0.3, -0.25) is 19.7 Å². The molecule has 2 N–H and O–H groups in total. The van der Waals surface area contributed by atoms with E-state index in [-0.39, 0.29) is 21.3 Å². The molecule has 0 bridgehead atoms. The predicted molar refractivity (Wildman–Crippen MR) is 90.5 cm³/mol. The van der Waals surface area contributed by atoms with Gasteiger partial charge in [-0.05, 0) is 30.3 Å². The second kappa shape index (κ2) is 7.91. The summed E-state index contributed by atoms with van der Waals surface area (Å²) in [5.74, 6) is -2.22. The average Bonchev–Trinajstić information content (AvgIpc) is 2.56. The third-order valence-electron chi connectivity index (χ3n) is 3.02. The number of amides is 2. The smallest absolute Gasteiger partial charge is 0.306 e. The van der Waals surface area contributed by atoms with E-state index in [1.54, 1.807) is 0 Å². The zero-order chi connectivity index (χ0) is 18.6. The maximum atomic E-state index is 13.2. The monoisotopic (exact) mass is 385 g/mol. The highest BCUT2D eigenvalue weighted by molar-refractivity contribution is 6.42. The minimum Gasteiger partial charge on any atom is -0.343 e. The van der Waals surface area contributed by atoms with Crippen molar-refractivity contribution in [3.05, 3.63) is 67.9 Å². The van der Waals surface area contributed by atoms with Crippen LogP contribution in [0.2, 0.25) is 10.0 Å². The number of nitro groups is 1. The van der Waals surface area contributed by atoms with Gasteiger partial charge in [0, 0.05) is 17.3 Å². The van der Waals surface area contributed by atoms with Crippen molar-refractivity contribution in [1.29, 1.82) is 0 Å². The molecular formula is C15H10Cl2FN3O4. The first-order valence-electron chi connectivity index (χ1n) is 6.75. The summed E-state index contributed by atoms with van der Waals surface area (Å²) in [4.78, 5) is 33.5. The summed E-state index contributed by atoms with van der Waals surface area (Å²) < 4.78 is 13.2. The zero-order valence-electron chi connectivity index (χ0n) is 12.4. The molecule has 2 aromatic carbocycles. The highest BCUT2D eigenvalue weighted by atomic mass is 35.5. The highest BCUT2D eigenvalue weighted by Gasteiger charge is 2.16. The first-order chi connectivity index (χ1) is 11.8. The maximum absolute atomic E-state index is 13.2. The van der Waals surface area contributed by atoms with Crippen molar-refractivity contribution < 1.29 is 18.9 Å². The van der Waals surface area contributed by atoms with Crippen LogP contribution >= 0.6 is 23.2 Å². The number of hydrogen-bond acceptors (Lipinski definition) is 4. The lowest BCUT2D eigenvalue weighted by molar-refractivity contribution is -0.387. The maximum Gasteiger partial charge on any atom is 0.306 e. The van der Waals surface area contributed by atoms with Crippen LogP contribution in [0.4, 0.5) is 15.8 Å². The van der Waals surface area contributed by atoms with Crippen LogP contribution in [0.3, 0.4) is 0 Å². The Morgan fingerprint density at radius 3 is 2.48 bits per heavy atom. The predicted octanol–water partition coefficient (Wildman–Crippen LogP) is 3.41. The molecular weight excluding hydrogens is 376 g/mol. The van der Waals surface area contributed by atoms with E-state index in [0.717, 1.165) is 12.1 Å². The van der Waals surface area contributed by atoms with E-state index in [0.29, 0.717) is 0 Å². The van der Waals surface area contributed by atoms with Crippen LogP contribution < -0.4 is 10.6 Å². The summed E-state index contributed by atoms with van der Waals surface area (Å²) in [6.45, 7) is -0.399. The standard InChI is InChI=1S/C15H10Cl2FN3O4/c16-10-3-1-8(5-11(10)17)15(23)19-7-14(22)20-9-2-4-12(18)13(6-9)21(24)25/h1-6H,7H2,(H,19,23)(H,20,22). The van der Waals surface area contributed by atoms with Crippen molar-refractivity contribution in [3.63, 3.8) is 0 Å². The molecule has 0 spiro atoms. The SMILES string of the molecule is O=C(CNC(=O)c1ccc(Cl)c(Cl)c1)Nc1ccc(F)c([N+](=O)[O-])c1. The first kappa shape index (κ1) is 18.6. The van der Waals surface area contributed by atoms with Crippen molar-refractivity contribution in [2.45, 2.75) is 0 Å². The molecule has 2 rings (SSSR count). The van der Waals surface area contributed by atoms with Gasteiger partial charge in [0.2, 0.25) is 11.7 Å². The van der Waals surface area contributed by atoms with E-state index < -0.39 is 34.8 Å². The molecule has 130 valence electrons. The fourth-order valence-electron chi connectivity index (χ4n) is 1.84. The quantitative estimate of drug-likeness (QED) is 0.607. The Labute approximate surface area is 150 Å². The largest absolute Gasteiger partial charge is 0.343 e. The molecule has 0 saturated heterocycles. The van der Waals surface area contributed by atoms with Crippen molar-refractivity contribution >= 4 is 46.4 Å². The van der Waals surface area contributed by atoms with E-state index >= 15 is 0 Å². The van der Waals surface area contributed by atoms with E-state index in [9.17, 15) is 24.1 Å². The average molecular weight is 386 g/mol. The van der Waals surface area contributed by atoms with Gasteiger partial charge in [-0.15, -0.1) is 0 Å². The highest BCUT2D eigenvalue weighted by Crippen LogP contribution is 2.23. The van der Waals surface area contributed by atoms with Gasteiger partial charge in [0.05, 0.1) is 21.5 Å². The van der Waals surface area contributed by atoms with Crippen molar-refractivity contribution in [1.82, 2.24) is 5.32 Å². The Kier molecular flexibility index (Phi) is 5.89. The number of rotatable bonds is 5. The summed E-state index contributed by atoms with van der Waals surface area (Å²) in [6.07, 6.45) is 0. The molecule has 0 saturated carbocycles. The topological polar surface area (TPSA) is 101 Å². The zero-order valence-corrected chi connectivity index (χ0v) is 13.9. The Hall–Kier alpha value is -2.71. The molecule has 25 heavy (non-hydrogen) atoms. The van der Waals surface area contributed by atoms with Gasteiger partial charge in [-0.1, -0.05) is 23.2 Å². The molecule has 0 heterocycles. The molecule has 0 unspecified atom stereocenters. The van der Waals surface area contributed by atoms with Crippen LogP contribution in [0.5, 0.6) is 0 Å². The second-order valence-corrected chi connectivity index (χ2v) is 5.60. The van der Waals surface area contributed by atoms with Gasteiger partial charge in [0.25, 0.3) is 5.91 Å². The molecule has 0 aliphatic heterocycles. The molecule has 0 aliphatic carbocycles.